The number of fused-ring (bicyclic) bond motifs is 3. The van der Waals surface area contributed by atoms with Crippen LogP contribution in [0.5, 0.6) is 11.5 Å². The third-order valence-corrected chi connectivity index (χ3v) is 4.59. The minimum atomic E-state index is -0.387. The Morgan fingerprint density at radius 1 is 1.17 bits per heavy atom. The third-order valence-electron chi connectivity index (χ3n) is 4.59. The summed E-state index contributed by atoms with van der Waals surface area (Å²) in [6.45, 7) is 4.01. The molecule has 2 aromatic carbocycles. The number of ether oxygens (including phenoxy) is 2. The highest BCUT2D eigenvalue weighted by Crippen LogP contribution is 2.41. The van der Waals surface area contributed by atoms with Crippen molar-refractivity contribution in [2.75, 3.05) is 7.11 Å². The van der Waals surface area contributed by atoms with Crippen molar-refractivity contribution in [3.8, 4) is 11.5 Å². The van der Waals surface area contributed by atoms with Crippen LogP contribution in [-0.2, 0) is 7.05 Å². The molecule has 4 nitrogen and oxygen atoms in total. The topological polar surface area (TPSA) is 40.5 Å². The Kier molecular flexibility index (Phi) is 3.01. The summed E-state index contributed by atoms with van der Waals surface area (Å²) in [6, 6.07) is 9.56. The van der Waals surface area contributed by atoms with E-state index in [1.54, 1.807) is 7.11 Å². The van der Waals surface area contributed by atoms with E-state index >= 15 is 0 Å². The zero-order valence-corrected chi connectivity index (χ0v) is 14.2. The lowest BCUT2D eigenvalue weighted by atomic mass is 9.98. The molecule has 1 aromatic heterocycles. The van der Waals surface area contributed by atoms with Crippen molar-refractivity contribution in [2.45, 2.75) is 19.4 Å². The van der Waals surface area contributed by atoms with Crippen molar-refractivity contribution in [1.82, 2.24) is 4.57 Å². The van der Waals surface area contributed by atoms with Crippen molar-refractivity contribution in [3.05, 3.63) is 52.2 Å². The van der Waals surface area contributed by atoms with Gasteiger partial charge in [0.25, 0.3) is 0 Å². The molecule has 0 bridgehead atoms. The van der Waals surface area contributed by atoms with E-state index in [0.717, 1.165) is 22.3 Å². The molecule has 0 saturated carbocycles. The van der Waals surface area contributed by atoms with Crippen LogP contribution in [0.25, 0.3) is 27.9 Å². The molecule has 1 aliphatic rings. The second-order valence-corrected chi connectivity index (χ2v) is 6.66. The maximum atomic E-state index is 13.1. The quantitative estimate of drug-likeness (QED) is 0.639. The Hall–Kier alpha value is -2.75. The number of hydrogen-bond acceptors (Lipinski definition) is 3. The lowest BCUT2D eigenvalue weighted by Gasteiger charge is -2.29. The second-order valence-electron chi connectivity index (χ2n) is 6.66. The van der Waals surface area contributed by atoms with Crippen molar-refractivity contribution in [2.24, 2.45) is 7.05 Å². The summed E-state index contributed by atoms with van der Waals surface area (Å²) in [4.78, 5) is 13.1. The molecule has 0 atom stereocenters. The zero-order chi connectivity index (χ0) is 17.1. The van der Waals surface area contributed by atoms with E-state index in [2.05, 4.69) is 0 Å². The standard InChI is InChI=1S/C20H19NO3/c1-20(2)10-9-13-16(24-20)11-15-17(19(13)23-4)18(22)12-7-5-6-8-14(12)21(15)3/h5-11H,1-4H3. The van der Waals surface area contributed by atoms with Gasteiger partial charge in [0.2, 0.25) is 5.43 Å². The highest BCUT2D eigenvalue weighted by atomic mass is 16.5. The van der Waals surface area contributed by atoms with Gasteiger partial charge in [-0.15, -0.1) is 0 Å². The van der Waals surface area contributed by atoms with Gasteiger partial charge in [0, 0.05) is 18.5 Å². The van der Waals surface area contributed by atoms with Crippen molar-refractivity contribution >= 4 is 27.9 Å². The minimum absolute atomic E-state index is 0.0171. The molecule has 0 spiro atoms. The molecular formula is C20H19NO3. The number of pyridine rings is 1. The predicted molar refractivity (Wildman–Crippen MR) is 97.0 cm³/mol. The number of rotatable bonds is 1. The lowest BCUT2D eigenvalue weighted by molar-refractivity contribution is 0.158. The van der Waals surface area contributed by atoms with E-state index < -0.39 is 0 Å². The fourth-order valence-electron chi connectivity index (χ4n) is 3.40. The van der Waals surface area contributed by atoms with Crippen molar-refractivity contribution in [1.29, 1.82) is 0 Å². The van der Waals surface area contributed by atoms with Crippen LogP contribution < -0.4 is 14.9 Å². The molecule has 0 amide bonds. The van der Waals surface area contributed by atoms with Gasteiger partial charge in [-0.25, -0.2) is 0 Å². The SMILES string of the molecule is COc1c2c(cc3c1c(=O)c1ccccc1n3C)OC(C)(C)C=C2. The van der Waals surface area contributed by atoms with Gasteiger partial charge in [0.15, 0.2) is 0 Å². The van der Waals surface area contributed by atoms with Gasteiger partial charge >= 0.3 is 0 Å². The van der Waals surface area contributed by atoms with Crippen LogP contribution in [-0.4, -0.2) is 17.3 Å². The van der Waals surface area contributed by atoms with Gasteiger partial charge in [-0.1, -0.05) is 12.1 Å². The van der Waals surface area contributed by atoms with E-state index in [9.17, 15) is 4.79 Å². The summed E-state index contributed by atoms with van der Waals surface area (Å²) in [6.07, 6.45) is 3.96. The van der Waals surface area contributed by atoms with Gasteiger partial charge in [-0.2, -0.15) is 0 Å². The maximum absolute atomic E-state index is 13.1. The monoisotopic (exact) mass is 321 g/mol. The number of aromatic nitrogens is 1. The van der Waals surface area contributed by atoms with Crippen LogP contribution in [0.1, 0.15) is 19.4 Å². The number of hydrogen-bond donors (Lipinski definition) is 0. The van der Waals surface area contributed by atoms with Gasteiger partial charge in [-0.3, -0.25) is 4.79 Å². The Bertz CT molecular complexity index is 1070. The van der Waals surface area contributed by atoms with Crippen molar-refractivity contribution in [3.63, 3.8) is 0 Å². The smallest absolute Gasteiger partial charge is 0.200 e. The highest BCUT2D eigenvalue weighted by molar-refractivity contribution is 6.00. The Balaban J connectivity index is 2.23. The molecule has 0 aliphatic carbocycles. The number of benzene rings is 2. The summed E-state index contributed by atoms with van der Waals surface area (Å²) < 4.78 is 13.7. The second kappa shape index (κ2) is 4.87. The first kappa shape index (κ1) is 14.8. The van der Waals surface area contributed by atoms with Gasteiger partial charge in [-0.05, 0) is 38.1 Å². The first-order valence-corrected chi connectivity index (χ1v) is 7.93. The van der Waals surface area contributed by atoms with Crippen LogP contribution in [0, 0.1) is 0 Å². The number of methoxy groups -OCH3 is 1. The number of nitrogens with zero attached hydrogens (tertiary/aromatic N) is 1. The van der Waals surface area contributed by atoms with E-state index in [1.807, 2.05) is 67.9 Å². The predicted octanol–water partition coefficient (Wildman–Crippen LogP) is 3.88. The van der Waals surface area contributed by atoms with Crippen molar-refractivity contribution < 1.29 is 9.47 Å². The Morgan fingerprint density at radius 3 is 2.67 bits per heavy atom. The van der Waals surface area contributed by atoms with E-state index in [-0.39, 0.29) is 11.0 Å². The third kappa shape index (κ3) is 1.96. The van der Waals surface area contributed by atoms with E-state index in [4.69, 9.17) is 9.47 Å². The lowest BCUT2D eigenvalue weighted by Crippen LogP contribution is -2.28. The van der Waals surface area contributed by atoms with Crippen LogP contribution in [0.4, 0.5) is 0 Å². The molecule has 2 heterocycles. The van der Waals surface area contributed by atoms with Crippen LogP contribution >= 0.6 is 0 Å². The van der Waals surface area contributed by atoms with Gasteiger partial charge in [0.05, 0.1) is 29.1 Å². The summed E-state index contributed by atoms with van der Waals surface area (Å²) in [7, 11) is 3.55. The molecule has 0 unspecified atom stereocenters. The molecule has 122 valence electrons. The van der Waals surface area contributed by atoms with Crippen LogP contribution in [0.3, 0.4) is 0 Å². The molecule has 4 rings (SSSR count). The normalized spacial score (nSPS) is 15.3. The van der Waals surface area contributed by atoms with Crippen LogP contribution in [0.2, 0.25) is 0 Å². The summed E-state index contributed by atoms with van der Waals surface area (Å²) in [5, 5.41) is 1.28. The maximum Gasteiger partial charge on any atom is 0.200 e. The first-order valence-electron chi connectivity index (χ1n) is 7.93. The Morgan fingerprint density at radius 2 is 1.92 bits per heavy atom. The summed E-state index contributed by atoms with van der Waals surface area (Å²) in [5.41, 5.74) is 2.11. The van der Waals surface area contributed by atoms with E-state index in [0.29, 0.717) is 16.5 Å². The summed E-state index contributed by atoms with van der Waals surface area (Å²) >= 11 is 0. The average Bonchev–Trinajstić information content (AvgIpc) is 2.57. The highest BCUT2D eigenvalue weighted by Gasteiger charge is 2.27. The fourth-order valence-corrected chi connectivity index (χ4v) is 3.40. The van der Waals surface area contributed by atoms with Gasteiger partial charge < -0.3 is 14.0 Å². The molecule has 0 fully saturated rings. The van der Waals surface area contributed by atoms with E-state index in [1.165, 1.54) is 0 Å². The number of para-hydroxylation sites is 1. The minimum Gasteiger partial charge on any atom is -0.495 e. The average molecular weight is 321 g/mol. The fraction of sp³-hybridized carbons (Fsp3) is 0.250. The molecule has 0 saturated heterocycles. The molecule has 0 radical (unpaired) electrons. The van der Waals surface area contributed by atoms with Gasteiger partial charge in [0.1, 0.15) is 17.1 Å². The molecular weight excluding hydrogens is 302 g/mol. The Labute approximate surface area is 139 Å². The molecule has 4 heteroatoms. The molecule has 1 aliphatic heterocycles. The first-order chi connectivity index (χ1) is 11.4. The molecule has 24 heavy (non-hydrogen) atoms. The van der Waals surface area contributed by atoms with Crippen LogP contribution in [0.15, 0.2) is 41.2 Å². The zero-order valence-electron chi connectivity index (χ0n) is 14.2. The molecule has 3 aromatic rings. The summed E-state index contributed by atoms with van der Waals surface area (Å²) in [5.74, 6) is 1.30. The largest absolute Gasteiger partial charge is 0.495 e. The molecule has 0 N–H and O–H groups in total. The number of aryl methyl sites for hydroxylation is 1.